The van der Waals surface area contributed by atoms with E-state index in [0.29, 0.717) is 13.0 Å². The maximum Gasteiger partial charge on any atom is 0.223 e. The molecular formula is C12H17NO2S. The first kappa shape index (κ1) is 11.6. The normalized spacial score (nSPS) is 17.8. The summed E-state index contributed by atoms with van der Waals surface area (Å²) in [5.41, 5.74) is 0.947. The second-order valence-electron chi connectivity index (χ2n) is 4.28. The van der Waals surface area contributed by atoms with Crippen LogP contribution in [0.15, 0.2) is 16.8 Å². The Morgan fingerprint density at radius 3 is 3.00 bits per heavy atom. The van der Waals surface area contributed by atoms with Gasteiger partial charge in [-0.2, -0.15) is 11.3 Å². The van der Waals surface area contributed by atoms with Gasteiger partial charge in [0.15, 0.2) is 0 Å². The van der Waals surface area contributed by atoms with E-state index < -0.39 is 6.10 Å². The SMILES string of the molecule is O=C(NCC[C@@H](O)c1ccsc1)C1CCC1. The molecule has 16 heavy (non-hydrogen) atoms. The van der Waals surface area contributed by atoms with Crippen LogP contribution in [-0.2, 0) is 4.79 Å². The van der Waals surface area contributed by atoms with E-state index in [1.807, 2.05) is 16.8 Å². The Morgan fingerprint density at radius 1 is 1.62 bits per heavy atom. The zero-order chi connectivity index (χ0) is 11.4. The molecule has 0 aliphatic heterocycles. The first-order valence-electron chi connectivity index (χ1n) is 5.75. The molecule has 4 heteroatoms. The van der Waals surface area contributed by atoms with E-state index in [1.54, 1.807) is 11.3 Å². The average molecular weight is 239 g/mol. The zero-order valence-electron chi connectivity index (χ0n) is 9.19. The van der Waals surface area contributed by atoms with E-state index in [0.717, 1.165) is 18.4 Å². The molecule has 0 saturated heterocycles. The topological polar surface area (TPSA) is 49.3 Å². The van der Waals surface area contributed by atoms with Gasteiger partial charge in [-0.1, -0.05) is 6.42 Å². The Morgan fingerprint density at radius 2 is 2.44 bits per heavy atom. The number of amides is 1. The molecule has 88 valence electrons. The van der Waals surface area contributed by atoms with Gasteiger partial charge in [0, 0.05) is 12.5 Å². The molecule has 0 unspecified atom stereocenters. The van der Waals surface area contributed by atoms with Crippen LogP contribution in [0.25, 0.3) is 0 Å². The lowest BCUT2D eigenvalue weighted by molar-refractivity contribution is -0.127. The molecule has 1 saturated carbocycles. The highest BCUT2D eigenvalue weighted by molar-refractivity contribution is 7.07. The lowest BCUT2D eigenvalue weighted by Gasteiger charge is -2.24. The highest BCUT2D eigenvalue weighted by Gasteiger charge is 2.24. The summed E-state index contributed by atoms with van der Waals surface area (Å²) in [4.78, 5) is 11.5. The fourth-order valence-corrected chi connectivity index (χ4v) is 2.49. The molecular weight excluding hydrogens is 222 g/mol. The van der Waals surface area contributed by atoms with Gasteiger partial charge in [0.25, 0.3) is 0 Å². The van der Waals surface area contributed by atoms with Crippen molar-refractivity contribution in [3.05, 3.63) is 22.4 Å². The molecule has 1 fully saturated rings. The minimum Gasteiger partial charge on any atom is -0.388 e. The first-order chi connectivity index (χ1) is 7.77. The van der Waals surface area contributed by atoms with Crippen LogP contribution in [0.1, 0.15) is 37.4 Å². The molecule has 1 heterocycles. The standard InChI is InChI=1S/C12H17NO2S/c14-11(10-5-7-16-8-10)4-6-13-12(15)9-2-1-3-9/h5,7-9,11,14H,1-4,6H2,(H,13,15)/t11-/m1/s1. The number of carbonyl (C=O) groups is 1. The number of aliphatic hydroxyl groups excluding tert-OH is 1. The van der Waals surface area contributed by atoms with Gasteiger partial charge in [-0.05, 0) is 41.7 Å². The van der Waals surface area contributed by atoms with Crippen LogP contribution in [0.4, 0.5) is 0 Å². The molecule has 0 spiro atoms. The van der Waals surface area contributed by atoms with Gasteiger partial charge in [-0.25, -0.2) is 0 Å². The third-order valence-corrected chi connectivity index (χ3v) is 3.82. The summed E-state index contributed by atoms with van der Waals surface area (Å²) in [5.74, 6) is 0.391. The number of carbonyl (C=O) groups excluding carboxylic acids is 1. The van der Waals surface area contributed by atoms with Crippen LogP contribution in [0.2, 0.25) is 0 Å². The van der Waals surface area contributed by atoms with Crippen molar-refractivity contribution in [2.75, 3.05) is 6.54 Å². The van der Waals surface area contributed by atoms with Gasteiger partial charge >= 0.3 is 0 Å². The van der Waals surface area contributed by atoms with E-state index in [1.165, 1.54) is 6.42 Å². The zero-order valence-corrected chi connectivity index (χ0v) is 10.0. The molecule has 1 aliphatic carbocycles. The van der Waals surface area contributed by atoms with E-state index in [9.17, 15) is 9.90 Å². The monoisotopic (exact) mass is 239 g/mol. The Balaban J connectivity index is 1.65. The van der Waals surface area contributed by atoms with Crippen LogP contribution in [0, 0.1) is 5.92 Å². The number of aliphatic hydroxyl groups is 1. The molecule has 2 N–H and O–H groups in total. The van der Waals surface area contributed by atoms with Crippen molar-refractivity contribution in [3.8, 4) is 0 Å². The molecule has 1 atom stereocenters. The Bertz CT molecular complexity index is 333. The number of hydrogen-bond acceptors (Lipinski definition) is 3. The fraction of sp³-hybridized carbons (Fsp3) is 0.583. The maximum absolute atomic E-state index is 11.5. The molecule has 0 bridgehead atoms. The van der Waals surface area contributed by atoms with Gasteiger partial charge in [-0.3, -0.25) is 4.79 Å². The van der Waals surface area contributed by atoms with Crippen molar-refractivity contribution in [3.63, 3.8) is 0 Å². The van der Waals surface area contributed by atoms with Crippen molar-refractivity contribution >= 4 is 17.2 Å². The minimum atomic E-state index is -0.451. The molecule has 0 radical (unpaired) electrons. The third kappa shape index (κ3) is 2.83. The highest BCUT2D eigenvalue weighted by atomic mass is 32.1. The van der Waals surface area contributed by atoms with Crippen molar-refractivity contribution in [2.24, 2.45) is 5.92 Å². The van der Waals surface area contributed by atoms with Gasteiger partial charge < -0.3 is 10.4 Å². The van der Waals surface area contributed by atoms with E-state index in [-0.39, 0.29) is 11.8 Å². The predicted molar refractivity (Wildman–Crippen MR) is 64.2 cm³/mol. The summed E-state index contributed by atoms with van der Waals surface area (Å²) in [7, 11) is 0. The molecule has 1 amide bonds. The fourth-order valence-electron chi connectivity index (χ4n) is 1.78. The van der Waals surface area contributed by atoms with Crippen LogP contribution >= 0.6 is 11.3 Å². The second kappa shape index (κ2) is 5.46. The number of rotatable bonds is 5. The van der Waals surface area contributed by atoms with Crippen LogP contribution in [0.3, 0.4) is 0 Å². The van der Waals surface area contributed by atoms with Crippen molar-refractivity contribution < 1.29 is 9.90 Å². The van der Waals surface area contributed by atoms with Crippen molar-refractivity contribution in [1.29, 1.82) is 0 Å². The van der Waals surface area contributed by atoms with Crippen molar-refractivity contribution in [2.45, 2.75) is 31.8 Å². The highest BCUT2D eigenvalue weighted by Crippen LogP contribution is 2.26. The van der Waals surface area contributed by atoms with Gasteiger partial charge in [-0.15, -0.1) is 0 Å². The number of hydrogen-bond donors (Lipinski definition) is 2. The summed E-state index contributed by atoms with van der Waals surface area (Å²) >= 11 is 1.58. The van der Waals surface area contributed by atoms with Gasteiger partial charge in [0.1, 0.15) is 0 Å². The minimum absolute atomic E-state index is 0.156. The Hall–Kier alpha value is -0.870. The number of nitrogens with one attached hydrogen (secondary N) is 1. The van der Waals surface area contributed by atoms with Crippen LogP contribution in [0.5, 0.6) is 0 Å². The quantitative estimate of drug-likeness (QED) is 0.826. The molecule has 2 rings (SSSR count). The third-order valence-electron chi connectivity index (χ3n) is 3.12. The molecule has 1 aliphatic rings. The largest absolute Gasteiger partial charge is 0.388 e. The summed E-state index contributed by atoms with van der Waals surface area (Å²) in [6.45, 7) is 0.562. The van der Waals surface area contributed by atoms with Gasteiger partial charge in [0.2, 0.25) is 5.91 Å². The Kier molecular flexibility index (Phi) is 3.96. The lowest BCUT2D eigenvalue weighted by Crippen LogP contribution is -2.35. The second-order valence-corrected chi connectivity index (χ2v) is 5.06. The Labute approximate surface area is 99.5 Å². The summed E-state index contributed by atoms with van der Waals surface area (Å²) in [5, 5.41) is 16.6. The summed E-state index contributed by atoms with van der Waals surface area (Å²) < 4.78 is 0. The smallest absolute Gasteiger partial charge is 0.223 e. The molecule has 0 aromatic carbocycles. The van der Waals surface area contributed by atoms with E-state index in [4.69, 9.17) is 0 Å². The van der Waals surface area contributed by atoms with E-state index in [2.05, 4.69) is 5.32 Å². The number of thiophene rings is 1. The molecule has 1 aromatic heterocycles. The lowest BCUT2D eigenvalue weighted by atomic mass is 9.85. The van der Waals surface area contributed by atoms with Crippen molar-refractivity contribution in [1.82, 2.24) is 5.32 Å². The first-order valence-corrected chi connectivity index (χ1v) is 6.69. The van der Waals surface area contributed by atoms with Gasteiger partial charge in [0.05, 0.1) is 6.10 Å². The molecule has 3 nitrogen and oxygen atoms in total. The van der Waals surface area contributed by atoms with Crippen LogP contribution < -0.4 is 5.32 Å². The maximum atomic E-state index is 11.5. The molecule has 1 aromatic rings. The van der Waals surface area contributed by atoms with E-state index >= 15 is 0 Å². The summed E-state index contributed by atoms with van der Waals surface area (Å²) in [6, 6.07) is 1.92. The predicted octanol–water partition coefficient (Wildman–Crippen LogP) is 2.09. The summed E-state index contributed by atoms with van der Waals surface area (Å²) in [6.07, 6.45) is 3.37. The average Bonchev–Trinajstić information content (AvgIpc) is 2.67. The van der Waals surface area contributed by atoms with Crippen LogP contribution in [-0.4, -0.2) is 17.6 Å².